The van der Waals surface area contributed by atoms with Gasteiger partial charge in [-0.2, -0.15) is 4.31 Å². The number of aryl methyl sites for hydroxylation is 1. The van der Waals surface area contributed by atoms with Crippen molar-refractivity contribution in [2.45, 2.75) is 24.7 Å². The maximum atomic E-state index is 13.8. The molecule has 0 bridgehead atoms. The van der Waals surface area contributed by atoms with E-state index >= 15 is 0 Å². The first-order valence-corrected chi connectivity index (χ1v) is 10.6. The van der Waals surface area contributed by atoms with Crippen molar-refractivity contribution >= 4 is 15.9 Å². The third kappa shape index (κ3) is 4.23. The van der Waals surface area contributed by atoms with Crippen LogP contribution < -0.4 is 0 Å². The van der Waals surface area contributed by atoms with Gasteiger partial charge in [0.15, 0.2) is 0 Å². The molecule has 150 valence electrons. The summed E-state index contributed by atoms with van der Waals surface area (Å²) in [6.45, 7) is 2.58. The summed E-state index contributed by atoms with van der Waals surface area (Å²) in [5.74, 6) is -2.25. The van der Waals surface area contributed by atoms with E-state index in [4.69, 9.17) is 0 Å². The van der Waals surface area contributed by atoms with Gasteiger partial charge in [0, 0.05) is 32.2 Å². The molecule has 8 heteroatoms. The van der Waals surface area contributed by atoms with E-state index in [2.05, 4.69) is 6.92 Å². The number of piperazine rings is 1. The van der Waals surface area contributed by atoms with Crippen LogP contribution in [0.1, 0.15) is 29.3 Å². The van der Waals surface area contributed by atoms with Crippen LogP contribution in [0.3, 0.4) is 0 Å². The second-order valence-corrected chi connectivity index (χ2v) is 8.65. The molecule has 2 aromatic rings. The summed E-state index contributed by atoms with van der Waals surface area (Å²) in [6, 6.07) is 9.63. The second-order valence-electron chi connectivity index (χ2n) is 6.71. The normalized spacial score (nSPS) is 15.6. The van der Waals surface area contributed by atoms with Crippen LogP contribution in [-0.4, -0.2) is 49.7 Å². The number of hydrogen-bond donors (Lipinski definition) is 0. The fourth-order valence-electron chi connectivity index (χ4n) is 3.23. The maximum absolute atomic E-state index is 13.8. The van der Waals surface area contributed by atoms with Crippen molar-refractivity contribution in [2.24, 2.45) is 0 Å². The van der Waals surface area contributed by atoms with Gasteiger partial charge >= 0.3 is 0 Å². The van der Waals surface area contributed by atoms with Gasteiger partial charge in [-0.15, -0.1) is 0 Å². The summed E-state index contributed by atoms with van der Waals surface area (Å²) < 4.78 is 53.8. The van der Waals surface area contributed by atoms with Crippen LogP contribution in [0.15, 0.2) is 47.4 Å². The molecular weight excluding hydrogens is 386 g/mol. The molecular formula is C20H22F2N2O3S. The molecule has 28 heavy (non-hydrogen) atoms. The van der Waals surface area contributed by atoms with Crippen LogP contribution in [0.4, 0.5) is 8.78 Å². The summed E-state index contributed by atoms with van der Waals surface area (Å²) >= 11 is 0. The highest BCUT2D eigenvalue weighted by atomic mass is 32.2. The number of hydrogen-bond acceptors (Lipinski definition) is 3. The lowest BCUT2D eigenvalue weighted by Crippen LogP contribution is -2.50. The van der Waals surface area contributed by atoms with E-state index in [1.807, 2.05) is 12.1 Å². The molecule has 2 aromatic carbocycles. The lowest BCUT2D eigenvalue weighted by Gasteiger charge is -2.34. The van der Waals surface area contributed by atoms with Crippen LogP contribution in [0, 0.1) is 11.6 Å². The summed E-state index contributed by atoms with van der Waals surface area (Å²) in [7, 11) is -3.65. The number of halogens is 2. The first-order valence-electron chi connectivity index (χ1n) is 9.16. The largest absolute Gasteiger partial charge is 0.336 e. The minimum atomic E-state index is -3.65. The Morgan fingerprint density at radius 1 is 1.00 bits per heavy atom. The third-order valence-electron chi connectivity index (χ3n) is 4.79. The van der Waals surface area contributed by atoms with Crippen molar-refractivity contribution in [3.8, 4) is 0 Å². The van der Waals surface area contributed by atoms with Crippen molar-refractivity contribution in [1.29, 1.82) is 0 Å². The van der Waals surface area contributed by atoms with Gasteiger partial charge in [0.1, 0.15) is 11.6 Å². The maximum Gasteiger partial charge on any atom is 0.256 e. The molecule has 1 heterocycles. The standard InChI is InChI=1S/C20H22F2N2O3S/c1-2-3-15-4-7-17(8-5-15)28(26,27)24-12-10-23(11-13-24)20(25)18-9-6-16(21)14-19(18)22/h4-9,14H,2-3,10-13H2,1H3. The summed E-state index contributed by atoms with van der Waals surface area (Å²) in [5, 5.41) is 0. The molecule has 1 amide bonds. The molecule has 0 aliphatic carbocycles. The van der Waals surface area contributed by atoms with Crippen LogP contribution in [-0.2, 0) is 16.4 Å². The van der Waals surface area contributed by atoms with E-state index in [-0.39, 0.29) is 36.6 Å². The molecule has 0 spiro atoms. The smallest absolute Gasteiger partial charge is 0.256 e. The number of nitrogens with zero attached hydrogens (tertiary/aromatic N) is 2. The van der Waals surface area contributed by atoms with Crippen LogP contribution in [0.5, 0.6) is 0 Å². The highest BCUT2D eigenvalue weighted by Crippen LogP contribution is 2.20. The van der Waals surface area contributed by atoms with Crippen molar-refractivity contribution in [3.63, 3.8) is 0 Å². The monoisotopic (exact) mass is 408 g/mol. The van der Waals surface area contributed by atoms with E-state index in [0.29, 0.717) is 6.07 Å². The Morgan fingerprint density at radius 3 is 2.21 bits per heavy atom. The van der Waals surface area contributed by atoms with E-state index in [1.165, 1.54) is 9.21 Å². The molecule has 5 nitrogen and oxygen atoms in total. The molecule has 1 aliphatic rings. The average Bonchev–Trinajstić information content (AvgIpc) is 2.68. The highest BCUT2D eigenvalue weighted by molar-refractivity contribution is 7.89. The lowest BCUT2D eigenvalue weighted by atomic mass is 10.1. The van der Waals surface area contributed by atoms with Gasteiger partial charge in [-0.05, 0) is 36.2 Å². The minimum absolute atomic E-state index is 0.119. The number of benzene rings is 2. The van der Waals surface area contributed by atoms with E-state index in [1.54, 1.807) is 12.1 Å². The molecule has 3 rings (SSSR count). The molecule has 0 atom stereocenters. The van der Waals surface area contributed by atoms with Crippen LogP contribution >= 0.6 is 0 Å². The van der Waals surface area contributed by atoms with Gasteiger partial charge in [0.2, 0.25) is 10.0 Å². The number of carbonyl (C=O) groups is 1. The van der Waals surface area contributed by atoms with E-state index in [0.717, 1.165) is 30.5 Å². The van der Waals surface area contributed by atoms with E-state index < -0.39 is 27.6 Å². The van der Waals surface area contributed by atoms with Gasteiger partial charge in [-0.3, -0.25) is 4.79 Å². The van der Waals surface area contributed by atoms with Crippen LogP contribution in [0.2, 0.25) is 0 Å². The minimum Gasteiger partial charge on any atom is -0.336 e. The number of sulfonamides is 1. The fourth-order valence-corrected chi connectivity index (χ4v) is 4.65. The predicted molar refractivity (Wildman–Crippen MR) is 101 cm³/mol. The SMILES string of the molecule is CCCc1ccc(S(=O)(=O)N2CCN(C(=O)c3ccc(F)cc3F)CC2)cc1. The van der Waals surface area contributed by atoms with E-state index in [9.17, 15) is 22.0 Å². The van der Waals surface area contributed by atoms with Gasteiger partial charge in [-0.1, -0.05) is 25.5 Å². The Morgan fingerprint density at radius 2 is 1.64 bits per heavy atom. The van der Waals surface area contributed by atoms with Crippen molar-refractivity contribution in [1.82, 2.24) is 9.21 Å². The first-order chi connectivity index (χ1) is 13.3. The average molecular weight is 408 g/mol. The zero-order valence-electron chi connectivity index (χ0n) is 15.6. The molecule has 0 aromatic heterocycles. The first kappa shape index (κ1) is 20.4. The van der Waals surface area contributed by atoms with Gasteiger partial charge in [0.25, 0.3) is 5.91 Å². The van der Waals surface area contributed by atoms with Crippen molar-refractivity contribution < 1.29 is 22.0 Å². The Labute approximate surface area is 163 Å². The van der Waals surface area contributed by atoms with Gasteiger partial charge in [0.05, 0.1) is 10.5 Å². The Bertz CT molecular complexity index is 954. The van der Waals surface area contributed by atoms with Crippen molar-refractivity contribution in [2.75, 3.05) is 26.2 Å². The topological polar surface area (TPSA) is 57.7 Å². The molecule has 1 saturated heterocycles. The third-order valence-corrected chi connectivity index (χ3v) is 6.70. The summed E-state index contributed by atoms with van der Waals surface area (Å²) in [5.41, 5.74) is 0.863. The van der Waals surface area contributed by atoms with Gasteiger partial charge in [-0.25, -0.2) is 17.2 Å². The summed E-state index contributed by atoms with van der Waals surface area (Å²) in [6.07, 6.45) is 1.87. The number of rotatable bonds is 5. The fraction of sp³-hybridized carbons (Fsp3) is 0.350. The molecule has 0 radical (unpaired) electrons. The number of amides is 1. The lowest BCUT2D eigenvalue weighted by molar-refractivity contribution is 0.0693. The Kier molecular flexibility index (Phi) is 6.10. The molecule has 0 unspecified atom stereocenters. The summed E-state index contributed by atoms with van der Waals surface area (Å²) in [4.78, 5) is 14.1. The molecule has 1 fully saturated rings. The quantitative estimate of drug-likeness (QED) is 0.764. The molecule has 0 saturated carbocycles. The Balaban J connectivity index is 1.67. The zero-order valence-corrected chi connectivity index (χ0v) is 16.4. The second kappa shape index (κ2) is 8.36. The highest BCUT2D eigenvalue weighted by Gasteiger charge is 2.31. The van der Waals surface area contributed by atoms with Crippen molar-refractivity contribution in [3.05, 3.63) is 65.2 Å². The predicted octanol–water partition coefficient (Wildman–Crippen LogP) is 3.06. The molecule has 0 N–H and O–H groups in total. The zero-order chi connectivity index (χ0) is 20.3. The van der Waals surface area contributed by atoms with Gasteiger partial charge < -0.3 is 4.90 Å². The Hall–Kier alpha value is -2.32. The van der Waals surface area contributed by atoms with Crippen LogP contribution in [0.25, 0.3) is 0 Å². The number of carbonyl (C=O) groups excluding carboxylic acids is 1. The molecule has 1 aliphatic heterocycles.